The second kappa shape index (κ2) is 4.68. The lowest BCUT2D eigenvalue weighted by atomic mass is 9.85. The molecule has 2 aliphatic carbocycles. The van der Waals surface area contributed by atoms with Gasteiger partial charge in [0.1, 0.15) is 5.82 Å². The molecule has 0 saturated heterocycles. The molecule has 3 rings (SSSR count). The zero-order chi connectivity index (χ0) is 13.4. The maximum absolute atomic E-state index is 10.6. The van der Waals surface area contributed by atoms with E-state index in [4.69, 9.17) is 10.1 Å². The summed E-state index contributed by atoms with van der Waals surface area (Å²) in [7, 11) is 2.08. The van der Waals surface area contributed by atoms with Crippen molar-refractivity contribution in [1.82, 2.24) is 9.55 Å². The van der Waals surface area contributed by atoms with E-state index in [1.807, 2.05) is 0 Å². The minimum Gasteiger partial charge on any atom is -0.478 e. The van der Waals surface area contributed by atoms with Crippen molar-refractivity contribution in [3.05, 3.63) is 35.4 Å². The number of hydrogen-bond donors (Lipinski definition) is 1. The van der Waals surface area contributed by atoms with Gasteiger partial charge in [-0.15, -0.1) is 0 Å². The standard InChI is InChI=1S/C15H18N2O2/c1-17-13-7-5-10(6-8-14(18)19)9-12(13)16-15(17)11-3-2-4-11/h5-8,10-11H,2-4,9H2,1H3,(H,18,19)/b8-6+. The van der Waals surface area contributed by atoms with E-state index in [-0.39, 0.29) is 5.92 Å². The molecular formula is C15H18N2O2. The Morgan fingerprint density at radius 2 is 2.32 bits per heavy atom. The fraction of sp³-hybridized carbons (Fsp3) is 0.467. The number of aliphatic carboxylic acids is 1. The number of nitrogens with zero attached hydrogens (tertiary/aromatic N) is 2. The third-order valence-corrected chi connectivity index (χ3v) is 4.14. The van der Waals surface area contributed by atoms with Crippen LogP contribution < -0.4 is 0 Å². The lowest BCUT2D eigenvalue weighted by molar-refractivity contribution is -0.131. The molecule has 1 heterocycles. The van der Waals surface area contributed by atoms with Crippen LogP contribution >= 0.6 is 0 Å². The first-order chi connectivity index (χ1) is 9.15. The number of fused-ring (bicyclic) bond motifs is 1. The molecule has 19 heavy (non-hydrogen) atoms. The predicted octanol–water partition coefficient (Wildman–Crippen LogP) is 2.51. The molecule has 1 aromatic rings. The SMILES string of the molecule is Cn1c(C2CCC2)nc2c1C=CC(/C=C/C(=O)O)C2. The number of allylic oxidation sites excluding steroid dienone is 2. The summed E-state index contributed by atoms with van der Waals surface area (Å²) in [5, 5.41) is 8.67. The molecule has 1 saturated carbocycles. The van der Waals surface area contributed by atoms with Gasteiger partial charge in [-0.25, -0.2) is 9.78 Å². The summed E-state index contributed by atoms with van der Waals surface area (Å²) < 4.78 is 2.20. The van der Waals surface area contributed by atoms with Crippen LogP contribution in [-0.4, -0.2) is 20.6 Å². The van der Waals surface area contributed by atoms with Gasteiger partial charge in [0.05, 0.1) is 11.4 Å². The van der Waals surface area contributed by atoms with Crippen LogP contribution in [0.1, 0.15) is 42.4 Å². The third kappa shape index (κ3) is 2.23. The number of hydrogen-bond acceptors (Lipinski definition) is 2. The van der Waals surface area contributed by atoms with Gasteiger partial charge in [0.15, 0.2) is 0 Å². The number of carboxylic acids is 1. The van der Waals surface area contributed by atoms with Crippen molar-refractivity contribution < 1.29 is 9.90 Å². The number of imidazole rings is 1. The molecule has 0 spiro atoms. The molecule has 4 heteroatoms. The molecule has 1 atom stereocenters. The highest BCUT2D eigenvalue weighted by Crippen LogP contribution is 2.37. The number of aromatic nitrogens is 2. The lowest BCUT2D eigenvalue weighted by Crippen LogP contribution is -2.14. The van der Waals surface area contributed by atoms with Gasteiger partial charge < -0.3 is 9.67 Å². The van der Waals surface area contributed by atoms with Crippen molar-refractivity contribution in [1.29, 1.82) is 0 Å². The summed E-state index contributed by atoms with van der Waals surface area (Å²) in [6.45, 7) is 0. The van der Waals surface area contributed by atoms with Crippen molar-refractivity contribution in [2.24, 2.45) is 13.0 Å². The Hall–Kier alpha value is -1.84. The Morgan fingerprint density at radius 1 is 1.53 bits per heavy atom. The Morgan fingerprint density at radius 3 is 2.95 bits per heavy atom. The van der Waals surface area contributed by atoms with Crippen LogP contribution in [0.5, 0.6) is 0 Å². The van der Waals surface area contributed by atoms with Gasteiger partial charge in [-0.1, -0.05) is 18.6 Å². The van der Waals surface area contributed by atoms with Crippen LogP contribution in [0, 0.1) is 5.92 Å². The van der Waals surface area contributed by atoms with Gasteiger partial charge in [-0.05, 0) is 18.9 Å². The van der Waals surface area contributed by atoms with Crippen LogP contribution in [0.15, 0.2) is 18.2 Å². The zero-order valence-electron chi connectivity index (χ0n) is 11.0. The first-order valence-corrected chi connectivity index (χ1v) is 6.80. The van der Waals surface area contributed by atoms with Crippen LogP contribution in [0.3, 0.4) is 0 Å². The average molecular weight is 258 g/mol. The van der Waals surface area contributed by atoms with Gasteiger partial charge in [0.25, 0.3) is 0 Å². The Bertz CT molecular complexity index is 565. The first-order valence-electron chi connectivity index (χ1n) is 6.80. The van der Waals surface area contributed by atoms with Crippen molar-refractivity contribution >= 4 is 12.0 Å². The summed E-state index contributed by atoms with van der Waals surface area (Å²) in [5.74, 6) is 1.07. The molecule has 0 amide bonds. The second-order valence-electron chi connectivity index (χ2n) is 5.41. The Labute approximate surface area is 112 Å². The molecule has 2 aliphatic rings. The van der Waals surface area contributed by atoms with Crippen molar-refractivity contribution in [2.75, 3.05) is 0 Å². The smallest absolute Gasteiger partial charge is 0.327 e. The largest absolute Gasteiger partial charge is 0.478 e. The highest BCUT2D eigenvalue weighted by molar-refractivity contribution is 5.79. The van der Waals surface area contributed by atoms with Crippen LogP contribution in [0.2, 0.25) is 0 Å². The van der Waals surface area contributed by atoms with Crippen molar-refractivity contribution in [2.45, 2.75) is 31.6 Å². The number of rotatable bonds is 3. The van der Waals surface area contributed by atoms with E-state index in [9.17, 15) is 4.79 Å². The molecule has 0 aromatic carbocycles. The number of carbonyl (C=O) groups is 1. The summed E-state index contributed by atoms with van der Waals surface area (Å²) in [4.78, 5) is 15.3. The summed E-state index contributed by atoms with van der Waals surface area (Å²) >= 11 is 0. The highest BCUT2D eigenvalue weighted by Gasteiger charge is 2.27. The van der Waals surface area contributed by atoms with Gasteiger partial charge in [-0.3, -0.25) is 0 Å². The summed E-state index contributed by atoms with van der Waals surface area (Å²) in [6.07, 6.45) is 11.7. The number of carboxylic acid groups (broad SMARTS) is 1. The molecule has 1 unspecified atom stereocenters. The quantitative estimate of drug-likeness (QED) is 0.847. The van der Waals surface area contributed by atoms with E-state index >= 15 is 0 Å². The van der Waals surface area contributed by atoms with Crippen LogP contribution in [0.25, 0.3) is 6.08 Å². The fourth-order valence-corrected chi connectivity index (χ4v) is 2.82. The maximum atomic E-state index is 10.6. The lowest BCUT2D eigenvalue weighted by Gasteiger charge is -2.24. The van der Waals surface area contributed by atoms with E-state index in [0.717, 1.165) is 12.1 Å². The molecule has 0 aliphatic heterocycles. The second-order valence-corrected chi connectivity index (χ2v) is 5.41. The summed E-state index contributed by atoms with van der Waals surface area (Å²) in [6, 6.07) is 0. The molecule has 1 fully saturated rings. The Kier molecular flexibility index (Phi) is 3.01. The molecule has 0 radical (unpaired) electrons. The van der Waals surface area contributed by atoms with E-state index < -0.39 is 5.97 Å². The van der Waals surface area contributed by atoms with Crippen LogP contribution in [-0.2, 0) is 18.3 Å². The molecule has 1 N–H and O–H groups in total. The predicted molar refractivity (Wildman–Crippen MR) is 72.8 cm³/mol. The van der Waals surface area contributed by atoms with E-state index in [1.54, 1.807) is 6.08 Å². The highest BCUT2D eigenvalue weighted by atomic mass is 16.4. The molecule has 4 nitrogen and oxygen atoms in total. The maximum Gasteiger partial charge on any atom is 0.327 e. The van der Waals surface area contributed by atoms with E-state index in [1.165, 1.54) is 36.9 Å². The molecule has 100 valence electrons. The minimum absolute atomic E-state index is 0.146. The van der Waals surface area contributed by atoms with Gasteiger partial charge >= 0.3 is 5.97 Å². The topological polar surface area (TPSA) is 55.1 Å². The first kappa shape index (κ1) is 12.2. The molecular weight excluding hydrogens is 240 g/mol. The minimum atomic E-state index is -0.893. The summed E-state index contributed by atoms with van der Waals surface area (Å²) in [5.41, 5.74) is 2.29. The van der Waals surface area contributed by atoms with Gasteiger partial charge in [0, 0.05) is 31.4 Å². The van der Waals surface area contributed by atoms with Crippen LogP contribution in [0.4, 0.5) is 0 Å². The van der Waals surface area contributed by atoms with Crippen molar-refractivity contribution in [3.8, 4) is 0 Å². The monoisotopic (exact) mass is 258 g/mol. The molecule has 0 bridgehead atoms. The average Bonchev–Trinajstić information content (AvgIpc) is 2.62. The molecule has 1 aromatic heterocycles. The van der Waals surface area contributed by atoms with Crippen molar-refractivity contribution in [3.63, 3.8) is 0 Å². The fourth-order valence-electron chi connectivity index (χ4n) is 2.82. The van der Waals surface area contributed by atoms with E-state index in [2.05, 4.69) is 23.8 Å². The van der Waals surface area contributed by atoms with Gasteiger partial charge in [0.2, 0.25) is 0 Å². The van der Waals surface area contributed by atoms with E-state index in [0.29, 0.717) is 5.92 Å². The Balaban J connectivity index is 1.83. The third-order valence-electron chi connectivity index (χ3n) is 4.14. The van der Waals surface area contributed by atoms with Gasteiger partial charge in [-0.2, -0.15) is 0 Å². The normalized spacial score (nSPS) is 22.5. The zero-order valence-corrected chi connectivity index (χ0v) is 11.0.